The minimum atomic E-state index is -4.67. The van der Waals surface area contributed by atoms with Gasteiger partial charge in [0.1, 0.15) is 5.15 Å². The zero-order chi connectivity index (χ0) is 10.9. The summed E-state index contributed by atoms with van der Waals surface area (Å²) in [7, 11) is 0. The Morgan fingerprint density at radius 1 is 1.43 bits per heavy atom. The van der Waals surface area contributed by atoms with Gasteiger partial charge in [0.25, 0.3) is 5.24 Å². The molecule has 0 saturated carbocycles. The standard InChI is InChI=1S/C7H2Cl2F3NO/c8-5-4(6(9)14)3(1-2-13-5)7(10,11)12/h1-2H. The van der Waals surface area contributed by atoms with Crippen molar-refractivity contribution in [3.05, 3.63) is 28.5 Å². The summed E-state index contributed by atoms with van der Waals surface area (Å²) >= 11 is 10.3. The van der Waals surface area contributed by atoms with Crippen LogP contribution in [0.3, 0.4) is 0 Å². The van der Waals surface area contributed by atoms with Crippen molar-refractivity contribution >= 4 is 28.4 Å². The number of pyridine rings is 1. The van der Waals surface area contributed by atoms with Crippen molar-refractivity contribution in [2.24, 2.45) is 0 Å². The van der Waals surface area contributed by atoms with Gasteiger partial charge < -0.3 is 0 Å². The predicted octanol–water partition coefficient (Wildman–Crippen LogP) is 3.13. The molecule has 0 spiro atoms. The van der Waals surface area contributed by atoms with E-state index < -0.39 is 27.7 Å². The van der Waals surface area contributed by atoms with Gasteiger partial charge in [0.15, 0.2) is 0 Å². The summed E-state index contributed by atoms with van der Waals surface area (Å²) in [6.45, 7) is 0. The number of halogens is 5. The van der Waals surface area contributed by atoms with Crippen molar-refractivity contribution < 1.29 is 18.0 Å². The molecule has 1 aromatic rings. The summed E-state index contributed by atoms with van der Waals surface area (Å²) in [5.74, 6) is 0. The summed E-state index contributed by atoms with van der Waals surface area (Å²) in [5.41, 5.74) is -2.00. The first-order valence-corrected chi connectivity index (χ1v) is 4.01. The lowest BCUT2D eigenvalue weighted by molar-refractivity contribution is -0.137. The van der Waals surface area contributed by atoms with Crippen molar-refractivity contribution in [1.29, 1.82) is 0 Å². The molecule has 1 aromatic heterocycles. The third-order valence-corrected chi connectivity index (χ3v) is 1.88. The average molecular weight is 244 g/mol. The van der Waals surface area contributed by atoms with E-state index in [9.17, 15) is 18.0 Å². The molecule has 0 N–H and O–H groups in total. The molecule has 7 heteroatoms. The topological polar surface area (TPSA) is 30.0 Å². The SMILES string of the molecule is O=C(Cl)c1c(C(F)(F)F)ccnc1Cl. The Morgan fingerprint density at radius 3 is 2.36 bits per heavy atom. The van der Waals surface area contributed by atoms with Crippen LogP contribution >= 0.6 is 23.2 Å². The second kappa shape index (κ2) is 3.74. The second-order valence-corrected chi connectivity index (χ2v) is 3.00. The third-order valence-electron chi connectivity index (χ3n) is 1.41. The van der Waals surface area contributed by atoms with Crippen LogP contribution < -0.4 is 0 Å². The molecule has 2 nitrogen and oxygen atoms in total. The Labute approximate surface area is 86.6 Å². The fraction of sp³-hybridized carbons (Fsp3) is 0.143. The fourth-order valence-electron chi connectivity index (χ4n) is 0.859. The van der Waals surface area contributed by atoms with Gasteiger partial charge in [-0.3, -0.25) is 4.79 Å². The largest absolute Gasteiger partial charge is 0.417 e. The highest BCUT2D eigenvalue weighted by Crippen LogP contribution is 2.34. The summed E-state index contributed by atoms with van der Waals surface area (Å²) in [5, 5.41) is -1.84. The van der Waals surface area contributed by atoms with Crippen LogP contribution in [0.5, 0.6) is 0 Å². The molecule has 0 saturated heterocycles. The van der Waals surface area contributed by atoms with Crippen molar-refractivity contribution in [3.8, 4) is 0 Å². The molecule has 0 amide bonds. The first-order valence-electron chi connectivity index (χ1n) is 3.25. The Kier molecular flexibility index (Phi) is 3.01. The number of rotatable bonds is 1. The van der Waals surface area contributed by atoms with Gasteiger partial charge in [-0.05, 0) is 17.7 Å². The Hall–Kier alpha value is -0.810. The van der Waals surface area contributed by atoms with Crippen molar-refractivity contribution in [3.63, 3.8) is 0 Å². The van der Waals surface area contributed by atoms with E-state index in [1.54, 1.807) is 0 Å². The molecule has 14 heavy (non-hydrogen) atoms. The summed E-state index contributed by atoms with van der Waals surface area (Å²) < 4.78 is 36.9. The molecule has 0 atom stereocenters. The van der Waals surface area contributed by atoms with Crippen LogP contribution in [0.25, 0.3) is 0 Å². The first kappa shape index (κ1) is 11.3. The van der Waals surface area contributed by atoms with Gasteiger partial charge in [0.2, 0.25) is 0 Å². The van der Waals surface area contributed by atoms with Gasteiger partial charge in [0.05, 0.1) is 11.1 Å². The van der Waals surface area contributed by atoms with Gasteiger partial charge in [-0.25, -0.2) is 4.98 Å². The van der Waals surface area contributed by atoms with Gasteiger partial charge in [0, 0.05) is 6.20 Å². The third kappa shape index (κ3) is 2.16. The van der Waals surface area contributed by atoms with Crippen LogP contribution in [0, 0.1) is 0 Å². The molecule has 0 unspecified atom stereocenters. The number of alkyl halides is 3. The number of carbonyl (C=O) groups is 1. The fourth-order valence-corrected chi connectivity index (χ4v) is 1.34. The first-order chi connectivity index (χ1) is 6.34. The summed E-state index contributed by atoms with van der Waals surface area (Å²) in [4.78, 5) is 14.0. The van der Waals surface area contributed by atoms with E-state index in [1.807, 2.05) is 0 Å². The number of nitrogens with zero attached hydrogens (tertiary/aromatic N) is 1. The summed E-state index contributed by atoms with van der Waals surface area (Å²) in [6.07, 6.45) is -3.82. The monoisotopic (exact) mass is 243 g/mol. The second-order valence-electron chi connectivity index (χ2n) is 2.30. The van der Waals surface area contributed by atoms with E-state index in [2.05, 4.69) is 4.98 Å². The van der Waals surface area contributed by atoms with Crippen molar-refractivity contribution in [2.75, 3.05) is 0 Å². The molecule has 1 rings (SSSR count). The van der Waals surface area contributed by atoms with E-state index in [-0.39, 0.29) is 0 Å². The molecule has 0 aromatic carbocycles. The van der Waals surface area contributed by atoms with Gasteiger partial charge >= 0.3 is 6.18 Å². The number of carbonyl (C=O) groups excluding carboxylic acids is 1. The van der Waals surface area contributed by atoms with Gasteiger partial charge in [-0.1, -0.05) is 11.6 Å². The number of hydrogen-bond donors (Lipinski definition) is 0. The zero-order valence-corrected chi connectivity index (χ0v) is 7.91. The Morgan fingerprint density at radius 2 is 2.00 bits per heavy atom. The van der Waals surface area contributed by atoms with Crippen LogP contribution in [0.4, 0.5) is 13.2 Å². The van der Waals surface area contributed by atoms with E-state index in [4.69, 9.17) is 23.2 Å². The maximum atomic E-state index is 12.3. The van der Waals surface area contributed by atoms with Crippen LogP contribution in [-0.2, 0) is 6.18 Å². The number of hydrogen-bond acceptors (Lipinski definition) is 2. The Balaban J connectivity index is 3.44. The predicted molar refractivity (Wildman–Crippen MR) is 44.4 cm³/mol. The molecule has 0 radical (unpaired) electrons. The highest BCUT2D eigenvalue weighted by molar-refractivity contribution is 6.68. The lowest BCUT2D eigenvalue weighted by atomic mass is 10.1. The van der Waals surface area contributed by atoms with E-state index in [1.165, 1.54) is 0 Å². The average Bonchev–Trinajstić information content (AvgIpc) is 2.01. The molecule has 0 aliphatic rings. The van der Waals surface area contributed by atoms with Crippen LogP contribution in [0.2, 0.25) is 5.15 Å². The molecule has 0 aliphatic carbocycles. The van der Waals surface area contributed by atoms with Crippen molar-refractivity contribution in [2.45, 2.75) is 6.18 Å². The van der Waals surface area contributed by atoms with Gasteiger partial charge in [-0.15, -0.1) is 0 Å². The molecule has 0 fully saturated rings. The Bertz CT molecular complexity index is 378. The van der Waals surface area contributed by atoms with E-state index in [0.717, 1.165) is 6.20 Å². The maximum absolute atomic E-state index is 12.3. The lowest BCUT2D eigenvalue weighted by Gasteiger charge is -2.09. The highest BCUT2D eigenvalue weighted by Gasteiger charge is 2.36. The molecule has 0 aliphatic heterocycles. The van der Waals surface area contributed by atoms with E-state index in [0.29, 0.717) is 6.07 Å². The maximum Gasteiger partial charge on any atom is 0.417 e. The highest BCUT2D eigenvalue weighted by atomic mass is 35.5. The lowest BCUT2D eigenvalue weighted by Crippen LogP contribution is -2.11. The van der Waals surface area contributed by atoms with Crippen LogP contribution in [0.15, 0.2) is 12.3 Å². The molecule has 76 valence electrons. The van der Waals surface area contributed by atoms with Crippen LogP contribution in [0.1, 0.15) is 15.9 Å². The molecule has 0 bridgehead atoms. The van der Waals surface area contributed by atoms with Gasteiger partial charge in [-0.2, -0.15) is 13.2 Å². The zero-order valence-electron chi connectivity index (χ0n) is 6.40. The minimum absolute atomic E-state index is 0.556. The smallest absolute Gasteiger partial charge is 0.275 e. The molecular weight excluding hydrogens is 242 g/mol. The molecule has 1 heterocycles. The van der Waals surface area contributed by atoms with E-state index >= 15 is 0 Å². The summed E-state index contributed by atoms with van der Waals surface area (Å²) in [6, 6.07) is 0.640. The normalized spacial score (nSPS) is 11.5. The van der Waals surface area contributed by atoms with Crippen LogP contribution in [-0.4, -0.2) is 10.2 Å². The molecular formula is C7H2Cl2F3NO. The minimum Gasteiger partial charge on any atom is -0.275 e. The number of aromatic nitrogens is 1. The quantitative estimate of drug-likeness (QED) is 0.561. The van der Waals surface area contributed by atoms with Crippen molar-refractivity contribution in [1.82, 2.24) is 4.98 Å².